The van der Waals surface area contributed by atoms with Crippen molar-refractivity contribution in [2.45, 2.75) is 25.1 Å². The predicted octanol–water partition coefficient (Wildman–Crippen LogP) is 3.18. The number of anilines is 1. The van der Waals surface area contributed by atoms with Gasteiger partial charge in [0.05, 0.1) is 11.5 Å². The molecule has 2 aromatic carbocycles. The normalized spacial score (nSPS) is 13.6. The Balaban J connectivity index is 1.34. The van der Waals surface area contributed by atoms with Crippen LogP contribution in [-0.4, -0.2) is 47.5 Å². The number of thioether (sulfide) groups is 1. The van der Waals surface area contributed by atoms with Crippen molar-refractivity contribution in [2.24, 2.45) is 0 Å². The Kier molecular flexibility index (Phi) is 6.28. The molecule has 1 N–H and O–H groups in total. The number of nitrogens with one attached hydrogen (secondary N) is 1. The smallest absolute Gasteiger partial charge is 0.277 e. The Bertz CT molecular complexity index is 1180. The zero-order valence-electron chi connectivity index (χ0n) is 16.9. The van der Waals surface area contributed by atoms with Crippen molar-refractivity contribution in [2.75, 3.05) is 22.8 Å². The molecular weight excluding hydrogens is 436 g/mol. The third kappa shape index (κ3) is 5.26. The standard InChI is InChI=1S/C21H22N4O4S2/c1-2-31(27,28)24-18-9-7-16(8-10-18)20-22-23-21(29-20)30-14-19(26)25-12-11-15-5-3-4-6-17(15)13-25/h3-10,24H,2,11-14H2,1H3. The van der Waals surface area contributed by atoms with Crippen LogP contribution < -0.4 is 4.72 Å². The number of benzene rings is 2. The zero-order chi connectivity index (χ0) is 21.8. The molecule has 0 aliphatic carbocycles. The maximum atomic E-state index is 12.6. The van der Waals surface area contributed by atoms with Crippen molar-refractivity contribution < 1.29 is 17.6 Å². The Morgan fingerprint density at radius 3 is 2.61 bits per heavy atom. The molecule has 0 fully saturated rings. The Hall–Kier alpha value is -2.85. The first-order chi connectivity index (χ1) is 14.9. The Labute approximate surface area is 185 Å². The molecule has 1 aliphatic heterocycles. The summed E-state index contributed by atoms with van der Waals surface area (Å²) in [5.41, 5.74) is 3.62. The van der Waals surface area contributed by atoms with E-state index in [2.05, 4.69) is 27.1 Å². The second-order valence-corrected chi connectivity index (χ2v) is 10.0. The molecule has 0 saturated carbocycles. The van der Waals surface area contributed by atoms with Gasteiger partial charge < -0.3 is 9.32 Å². The summed E-state index contributed by atoms with van der Waals surface area (Å²) in [6.45, 7) is 2.90. The molecule has 0 bridgehead atoms. The van der Waals surface area contributed by atoms with Gasteiger partial charge in [0.2, 0.25) is 21.8 Å². The number of carbonyl (C=O) groups is 1. The molecule has 2 heterocycles. The molecule has 0 saturated heterocycles. The van der Waals surface area contributed by atoms with Gasteiger partial charge in [0, 0.05) is 24.3 Å². The molecule has 8 nitrogen and oxygen atoms in total. The van der Waals surface area contributed by atoms with Crippen molar-refractivity contribution in [3.05, 3.63) is 59.7 Å². The SMILES string of the molecule is CCS(=O)(=O)Nc1ccc(-c2nnc(SCC(=O)N3CCc4ccccc4C3)o2)cc1. The topological polar surface area (TPSA) is 105 Å². The highest BCUT2D eigenvalue weighted by atomic mass is 32.2. The molecule has 0 unspecified atom stereocenters. The molecule has 10 heteroatoms. The largest absolute Gasteiger partial charge is 0.411 e. The number of rotatable bonds is 7. The van der Waals surface area contributed by atoms with Gasteiger partial charge in [0.25, 0.3) is 5.22 Å². The van der Waals surface area contributed by atoms with Crippen LogP contribution in [0.5, 0.6) is 0 Å². The van der Waals surface area contributed by atoms with E-state index in [1.54, 1.807) is 31.2 Å². The van der Waals surface area contributed by atoms with Gasteiger partial charge in [-0.2, -0.15) is 0 Å². The van der Waals surface area contributed by atoms with Gasteiger partial charge in [-0.05, 0) is 48.7 Å². The molecule has 0 atom stereocenters. The van der Waals surface area contributed by atoms with Crippen molar-refractivity contribution in [1.82, 2.24) is 15.1 Å². The van der Waals surface area contributed by atoms with E-state index in [9.17, 15) is 13.2 Å². The molecule has 1 aliphatic rings. The van der Waals surface area contributed by atoms with Gasteiger partial charge in [-0.25, -0.2) is 8.42 Å². The fourth-order valence-corrected chi connectivity index (χ4v) is 4.55. The van der Waals surface area contributed by atoms with Crippen molar-refractivity contribution in [3.63, 3.8) is 0 Å². The summed E-state index contributed by atoms with van der Waals surface area (Å²) < 4.78 is 31.4. The van der Waals surface area contributed by atoms with E-state index in [4.69, 9.17) is 4.42 Å². The lowest BCUT2D eigenvalue weighted by atomic mass is 10.00. The lowest BCUT2D eigenvalue weighted by Gasteiger charge is -2.28. The van der Waals surface area contributed by atoms with Crippen molar-refractivity contribution >= 4 is 33.4 Å². The summed E-state index contributed by atoms with van der Waals surface area (Å²) in [4.78, 5) is 14.4. The highest BCUT2D eigenvalue weighted by Crippen LogP contribution is 2.26. The molecule has 0 radical (unpaired) electrons. The average molecular weight is 459 g/mol. The summed E-state index contributed by atoms with van der Waals surface area (Å²) in [6.07, 6.45) is 0.863. The van der Waals surface area contributed by atoms with Gasteiger partial charge in [0.1, 0.15) is 0 Å². The summed E-state index contributed by atoms with van der Waals surface area (Å²) in [5.74, 6) is 0.571. The molecular formula is C21H22N4O4S2. The van der Waals surface area contributed by atoms with Crippen LogP contribution in [0.2, 0.25) is 0 Å². The Morgan fingerprint density at radius 2 is 1.87 bits per heavy atom. The molecule has 4 rings (SSSR count). The summed E-state index contributed by atoms with van der Waals surface area (Å²) >= 11 is 1.21. The number of nitrogens with zero attached hydrogens (tertiary/aromatic N) is 3. The lowest BCUT2D eigenvalue weighted by molar-refractivity contribution is -0.129. The minimum absolute atomic E-state index is 0.00164. The van der Waals surface area contributed by atoms with Crippen LogP contribution in [0, 0.1) is 0 Å². The van der Waals surface area contributed by atoms with E-state index >= 15 is 0 Å². The van der Waals surface area contributed by atoms with E-state index in [0.717, 1.165) is 6.42 Å². The fourth-order valence-electron chi connectivity index (χ4n) is 3.24. The minimum Gasteiger partial charge on any atom is -0.411 e. The molecule has 3 aromatic rings. The van der Waals surface area contributed by atoms with Gasteiger partial charge in [0.15, 0.2) is 0 Å². The number of sulfonamides is 1. The van der Waals surface area contributed by atoms with Gasteiger partial charge in [-0.15, -0.1) is 10.2 Å². The maximum absolute atomic E-state index is 12.6. The van der Waals surface area contributed by atoms with Gasteiger partial charge >= 0.3 is 0 Å². The second-order valence-electron chi connectivity index (χ2n) is 7.08. The van der Waals surface area contributed by atoms with E-state index < -0.39 is 10.0 Å². The summed E-state index contributed by atoms with van der Waals surface area (Å²) in [6, 6.07) is 14.9. The van der Waals surface area contributed by atoms with E-state index in [1.165, 1.54) is 22.9 Å². The highest BCUT2D eigenvalue weighted by molar-refractivity contribution is 7.99. The number of hydrogen-bond donors (Lipinski definition) is 1. The predicted molar refractivity (Wildman–Crippen MR) is 119 cm³/mol. The van der Waals surface area contributed by atoms with Crippen LogP contribution in [0.25, 0.3) is 11.5 Å². The highest BCUT2D eigenvalue weighted by Gasteiger charge is 2.21. The third-order valence-corrected chi connectivity index (χ3v) is 7.10. The number of fused-ring (bicyclic) bond motifs is 1. The molecule has 1 aromatic heterocycles. The first-order valence-corrected chi connectivity index (χ1v) is 12.5. The number of carbonyl (C=O) groups excluding carboxylic acids is 1. The lowest BCUT2D eigenvalue weighted by Crippen LogP contribution is -2.37. The van der Waals surface area contributed by atoms with Gasteiger partial charge in [-0.1, -0.05) is 36.0 Å². The Morgan fingerprint density at radius 1 is 1.13 bits per heavy atom. The molecule has 0 spiro atoms. The minimum atomic E-state index is -3.33. The van der Waals surface area contributed by atoms with Crippen LogP contribution in [0.15, 0.2) is 58.2 Å². The molecule has 31 heavy (non-hydrogen) atoms. The summed E-state index contributed by atoms with van der Waals surface area (Å²) in [5, 5.41) is 8.35. The molecule has 1 amide bonds. The van der Waals surface area contributed by atoms with Crippen LogP contribution in [-0.2, 0) is 27.8 Å². The first-order valence-electron chi connectivity index (χ1n) is 9.85. The van der Waals surface area contributed by atoms with Crippen LogP contribution >= 0.6 is 11.8 Å². The monoisotopic (exact) mass is 458 g/mol. The third-order valence-electron chi connectivity index (χ3n) is 4.99. The zero-order valence-corrected chi connectivity index (χ0v) is 18.6. The van der Waals surface area contributed by atoms with Crippen LogP contribution in [0.3, 0.4) is 0 Å². The molecule has 162 valence electrons. The number of aromatic nitrogens is 2. The van der Waals surface area contributed by atoms with Crippen molar-refractivity contribution in [1.29, 1.82) is 0 Å². The quantitative estimate of drug-likeness (QED) is 0.542. The van der Waals surface area contributed by atoms with E-state index in [1.807, 2.05) is 17.0 Å². The van der Waals surface area contributed by atoms with Crippen molar-refractivity contribution in [3.8, 4) is 11.5 Å². The summed E-state index contributed by atoms with van der Waals surface area (Å²) in [7, 11) is -3.33. The second kappa shape index (κ2) is 9.11. The van der Waals surface area contributed by atoms with E-state index in [-0.39, 0.29) is 17.4 Å². The first kappa shape index (κ1) is 21.4. The van der Waals surface area contributed by atoms with Gasteiger partial charge in [-0.3, -0.25) is 9.52 Å². The van der Waals surface area contributed by atoms with Crippen LogP contribution in [0.4, 0.5) is 5.69 Å². The fraction of sp³-hybridized carbons (Fsp3) is 0.286. The number of hydrogen-bond acceptors (Lipinski definition) is 7. The van der Waals surface area contributed by atoms with E-state index in [0.29, 0.717) is 35.5 Å². The van der Waals surface area contributed by atoms with Crippen LogP contribution in [0.1, 0.15) is 18.1 Å². The maximum Gasteiger partial charge on any atom is 0.277 e. The average Bonchev–Trinajstić information content (AvgIpc) is 3.26. The number of amides is 1.